The van der Waals surface area contributed by atoms with E-state index in [-0.39, 0.29) is 5.91 Å². The van der Waals surface area contributed by atoms with E-state index < -0.39 is 0 Å². The molecule has 1 amide bonds. The number of hydrogen-bond acceptors (Lipinski definition) is 2. The first kappa shape index (κ1) is 12.8. The first-order chi connectivity index (χ1) is 8.74. The fraction of sp³-hybridized carbons (Fsp3) is 0.400. The summed E-state index contributed by atoms with van der Waals surface area (Å²) in [6.07, 6.45) is 2.88. The molecule has 0 aromatic heterocycles. The Bertz CT molecular complexity index is 465. The van der Waals surface area contributed by atoms with E-state index in [0.717, 1.165) is 37.3 Å². The van der Waals surface area contributed by atoms with Crippen LogP contribution in [0.2, 0.25) is 0 Å². The van der Waals surface area contributed by atoms with Gasteiger partial charge in [0, 0.05) is 30.9 Å². The number of carbonyl (C=O) groups excluding carboxylic acids is 1. The minimum Gasteiger partial charge on any atom is -0.311 e. The lowest BCUT2D eigenvalue weighted by atomic mass is 10.1. The van der Waals surface area contributed by atoms with Crippen molar-refractivity contribution in [2.24, 2.45) is 0 Å². The second kappa shape index (κ2) is 5.83. The first-order valence-corrected chi connectivity index (χ1v) is 6.51. The Kier molecular flexibility index (Phi) is 4.15. The second-order valence-electron chi connectivity index (χ2n) is 4.56. The zero-order chi connectivity index (χ0) is 13.0. The van der Waals surface area contributed by atoms with Crippen LogP contribution in [0.1, 0.15) is 25.8 Å². The standard InChI is InChI=1S/C15H20N2O/c1-3-6-12(2)15(18)17-10-9-16-11-13-7-4-5-8-14(13)17/h4-8,16H,3,9-11H2,1-2H3. The van der Waals surface area contributed by atoms with Gasteiger partial charge in [0.2, 0.25) is 0 Å². The van der Waals surface area contributed by atoms with Crippen LogP contribution < -0.4 is 10.2 Å². The summed E-state index contributed by atoms with van der Waals surface area (Å²) in [5.41, 5.74) is 3.05. The molecular formula is C15H20N2O. The van der Waals surface area contributed by atoms with Gasteiger partial charge in [-0.2, -0.15) is 0 Å². The maximum absolute atomic E-state index is 12.4. The van der Waals surface area contributed by atoms with Gasteiger partial charge < -0.3 is 10.2 Å². The molecule has 1 aromatic rings. The molecule has 1 heterocycles. The number of rotatable bonds is 2. The van der Waals surface area contributed by atoms with Gasteiger partial charge >= 0.3 is 0 Å². The minimum atomic E-state index is 0.119. The number of fused-ring (bicyclic) bond motifs is 1. The van der Waals surface area contributed by atoms with Gasteiger partial charge in [0.15, 0.2) is 0 Å². The van der Waals surface area contributed by atoms with E-state index >= 15 is 0 Å². The van der Waals surface area contributed by atoms with Crippen LogP contribution in [-0.4, -0.2) is 19.0 Å². The third kappa shape index (κ3) is 2.62. The highest BCUT2D eigenvalue weighted by molar-refractivity contribution is 6.05. The number of nitrogens with zero attached hydrogens (tertiary/aromatic N) is 1. The van der Waals surface area contributed by atoms with E-state index in [1.807, 2.05) is 36.1 Å². The fourth-order valence-electron chi connectivity index (χ4n) is 2.28. The Hall–Kier alpha value is -1.61. The van der Waals surface area contributed by atoms with Crippen molar-refractivity contribution in [3.63, 3.8) is 0 Å². The summed E-state index contributed by atoms with van der Waals surface area (Å²) in [5, 5.41) is 3.35. The summed E-state index contributed by atoms with van der Waals surface area (Å²) in [5.74, 6) is 0.119. The number of amides is 1. The molecule has 3 heteroatoms. The molecule has 0 bridgehead atoms. The average Bonchev–Trinajstić information content (AvgIpc) is 2.60. The largest absolute Gasteiger partial charge is 0.311 e. The Morgan fingerprint density at radius 2 is 2.22 bits per heavy atom. The molecule has 0 fully saturated rings. The second-order valence-corrected chi connectivity index (χ2v) is 4.56. The van der Waals surface area contributed by atoms with Gasteiger partial charge in [-0.15, -0.1) is 0 Å². The predicted octanol–water partition coefficient (Wildman–Crippen LogP) is 2.48. The maximum atomic E-state index is 12.4. The SMILES string of the molecule is CCC=C(C)C(=O)N1CCNCc2ccccc21. The third-order valence-corrected chi connectivity index (χ3v) is 3.20. The quantitative estimate of drug-likeness (QED) is 0.811. The molecule has 18 heavy (non-hydrogen) atoms. The fourth-order valence-corrected chi connectivity index (χ4v) is 2.28. The van der Waals surface area contributed by atoms with Crippen molar-refractivity contribution in [2.75, 3.05) is 18.0 Å². The summed E-state index contributed by atoms with van der Waals surface area (Å²) >= 11 is 0. The van der Waals surface area contributed by atoms with Crippen LogP contribution in [0.15, 0.2) is 35.9 Å². The lowest BCUT2D eigenvalue weighted by Crippen LogP contribution is -2.35. The van der Waals surface area contributed by atoms with Crippen LogP contribution in [0.25, 0.3) is 0 Å². The molecule has 2 rings (SSSR count). The number of hydrogen-bond donors (Lipinski definition) is 1. The van der Waals surface area contributed by atoms with Crippen molar-refractivity contribution in [3.05, 3.63) is 41.5 Å². The zero-order valence-corrected chi connectivity index (χ0v) is 11.1. The molecule has 1 aromatic carbocycles. The number of nitrogens with one attached hydrogen (secondary N) is 1. The smallest absolute Gasteiger partial charge is 0.253 e. The summed E-state index contributed by atoms with van der Waals surface area (Å²) in [6.45, 7) is 6.34. The van der Waals surface area contributed by atoms with Crippen LogP contribution in [0, 0.1) is 0 Å². The molecule has 0 atom stereocenters. The van der Waals surface area contributed by atoms with E-state index in [9.17, 15) is 4.79 Å². The monoisotopic (exact) mass is 244 g/mol. The van der Waals surface area contributed by atoms with Crippen molar-refractivity contribution in [1.82, 2.24) is 5.32 Å². The van der Waals surface area contributed by atoms with Crippen molar-refractivity contribution in [3.8, 4) is 0 Å². The van der Waals surface area contributed by atoms with Crippen molar-refractivity contribution >= 4 is 11.6 Å². The van der Waals surface area contributed by atoms with Crippen molar-refractivity contribution < 1.29 is 4.79 Å². The van der Waals surface area contributed by atoms with Gasteiger partial charge in [0.1, 0.15) is 0 Å². The van der Waals surface area contributed by atoms with Crippen LogP contribution >= 0.6 is 0 Å². The van der Waals surface area contributed by atoms with Gasteiger partial charge in [-0.25, -0.2) is 0 Å². The zero-order valence-electron chi connectivity index (χ0n) is 11.1. The van der Waals surface area contributed by atoms with E-state index in [1.54, 1.807) is 0 Å². The van der Waals surface area contributed by atoms with Gasteiger partial charge in [-0.05, 0) is 25.0 Å². The molecule has 0 aliphatic carbocycles. The Morgan fingerprint density at radius 3 is 3.00 bits per heavy atom. The Labute approximate surface area is 108 Å². The molecule has 0 radical (unpaired) electrons. The molecule has 96 valence electrons. The van der Waals surface area contributed by atoms with Crippen LogP contribution in [0.4, 0.5) is 5.69 Å². The number of para-hydroxylation sites is 1. The molecule has 1 aliphatic rings. The Balaban J connectivity index is 2.33. The molecule has 0 saturated heterocycles. The molecule has 0 saturated carbocycles. The number of carbonyl (C=O) groups is 1. The highest BCUT2D eigenvalue weighted by Crippen LogP contribution is 2.23. The van der Waals surface area contributed by atoms with E-state index in [1.165, 1.54) is 5.56 Å². The molecule has 1 aliphatic heterocycles. The molecule has 0 spiro atoms. The van der Waals surface area contributed by atoms with E-state index in [4.69, 9.17) is 0 Å². The summed E-state index contributed by atoms with van der Waals surface area (Å²) in [7, 11) is 0. The molecule has 1 N–H and O–H groups in total. The van der Waals surface area contributed by atoms with Crippen LogP contribution in [-0.2, 0) is 11.3 Å². The molecule has 0 unspecified atom stereocenters. The van der Waals surface area contributed by atoms with E-state index in [0.29, 0.717) is 0 Å². The van der Waals surface area contributed by atoms with Crippen LogP contribution in [0.3, 0.4) is 0 Å². The predicted molar refractivity (Wildman–Crippen MR) is 74.5 cm³/mol. The minimum absolute atomic E-state index is 0.119. The summed E-state index contributed by atoms with van der Waals surface area (Å²) in [6, 6.07) is 8.11. The Morgan fingerprint density at radius 1 is 1.44 bits per heavy atom. The molecule has 3 nitrogen and oxygen atoms in total. The average molecular weight is 244 g/mol. The summed E-state index contributed by atoms with van der Waals surface area (Å²) < 4.78 is 0. The number of allylic oxidation sites excluding steroid dienone is 1. The highest BCUT2D eigenvalue weighted by atomic mass is 16.2. The van der Waals surface area contributed by atoms with Gasteiger partial charge in [-0.3, -0.25) is 4.79 Å². The van der Waals surface area contributed by atoms with Crippen molar-refractivity contribution in [2.45, 2.75) is 26.8 Å². The summed E-state index contributed by atoms with van der Waals surface area (Å²) in [4.78, 5) is 14.3. The lowest BCUT2D eigenvalue weighted by molar-refractivity contribution is -0.115. The maximum Gasteiger partial charge on any atom is 0.253 e. The first-order valence-electron chi connectivity index (χ1n) is 6.51. The number of benzene rings is 1. The van der Waals surface area contributed by atoms with Crippen molar-refractivity contribution in [1.29, 1.82) is 0 Å². The van der Waals surface area contributed by atoms with Gasteiger partial charge in [0.25, 0.3) is 5.91 Å². The van der Waals surface area contributed by atoms with Gasteiger partial charge in [-0.1, -0.05) is 31.2 Å². The van der Waals surface area contributed by atoms with Crippen LogP contribution in [0.5, 0.6) is 0 Å². The normalized spacial score (nSPS) is 16.1. The lowest BCUT2D eigenvalue weighted by Gasteiger charge is -2.22. The third-order valence-electron chi connectivity index (χ3n) is 3.20. The number of anilines is 1. The van der Waals surface area contributed by atoms with Gasteiger partial charge in [0.05, 0.1) is 0 Å². The topological polar surface area (TPSA) is 32.3 Å². The highest BCUT2D eigenvalue weighted by Gasteiger charge is 2.21. The van der Waals surface area contributed by atoms with E-state index in [2.05, 4.69) is 18.3 Å². The molecular weight excluding hydrogens is 224 g/mol.